The van der Waals surface area contributed by atoms with Crippen molar-refractivity contribution in [3.8, 4) is 90.6 Å². The van der Waals surface area contributed by atoms with Crippen molar-refractivity contribution in [2.45, 2.75) is 11.8 Å². The average Bonchev–Trinajstić information content (AvgIpc) is 3.24. The molecule has 15 aromatic rings. The summed E-state index contributed by atoms with van der Waals surface area (Å²) < 4.78 is 13.2. The number of furan rings is 2. The molecule has 0 N–H and O–H groups in total. The molecule has 0 fully saturated rings. The molecular weight excluding hydrogens is 1000 g/mol. The normalized spacial score (nSPS) is 14.1. The van der Waals surface area contributed by atoms with Gasteiger partial charge < -0.3 is 8.83 Å². The van der Waals surface area contributed by atoms with E-state index in [0.717, 1.165) is 99.5 Å². The summed E-state index contributed by atoms with van der Waals surface area (Å²) in [6.07, 6.45) is 0. The van der Waals surface area contributed by atoms with E-state index in [2.05, 4.69) is 182 Å². The second-order valence-corrected chi connectivity index (χ2v) is 21.2. The molecule has 18 rings (SSSR count). The Labute approximate surface area is 470 Å². The Bertz CT molecular complexity index is 4770. The van der Waals surface area contributed by atoms with Crippen molar-refractivity contribution in [1.29, 1.82) is 0 Å². The highest BCUT2D eigenvalue weighted by atomic mass is 16.3. The Hall–Kier alpha value is -11.0. The van der Waals surface area contributed by atoms with E-state index in [1.807, 2.05) is 72.8 Å². The topological polar surface area (TPSA) is 104 Å². The van der Waals surface area contributed by atoms with Gasteiger partial charge in [-0.05, 0) is 68.8 Å². The predicted octanol–water partition coefficient (Wildman–Crippen LogP) is 18.2. The third-order valence-electron chi connectivity index (χ3n) is 16.6. The van der Waals surface area contributed by atoms with Crippen molar-refractivity contribution in [1.82, 2.24) is 29.9 Å². The maximum atomic E-state index is 6.59. The SMILES string of the molecule is c1ccc(-c2nc(-c3ccc4c(c3)C3c5ccccc5C4c4cc(-c5nc(-c6ccccc6)nc(-c6ccccc6-c6cccc7c6oc6ccccc67)n5)ccc43)nc(-c3ccccc3-c3cccc4c3oc3ccccc34)n2)cc1. The van der Waals surface area contributed by atoms with Gasteiger partial charge in [-0.3, -0.25) is 0 Å². The molecule has 2 bridgehead atoms. The van der Waals surface area contributed by atoms with Crippen LogP contribution in [0.3, 0.4) is 0 Å². The molecule has 2 unspecified atom stereocenters. The number of benzene rings is 11. The molecule has 0 saturated heterocycles. The van der Waals surface area contributed by atoms with Crippen LogP contribution in [-0.2, 0) is 0 Å². The van der Waals surface area contributed by atoms with Gasteiger partial charge in [0.15, 0.2) is 34.9 Å². The quantitative estimate of drug-likeness (QED) is 0.148. The van der Waals surface area contributed by atoms with Crippen LogP contribution in [0.1, 0.15) is 45.2 Å². The van der Waals surface area contributed by atoms with E-state index in [1.54, 1.807) is 0 Å². The van der Waals surface area contributed by atoms with Crippen LogP contribution in [0.2, 0.25) is 0 Å². The zero-order valence-corrected chi connectivity index (χ0v) is 43.9. The van der Waals surface area contributed by atoms with Crippen LogP contribution in [0.25, 0.3) is 134 Å². The molecule has 0 saturated carbocycles. The first kappa shape index (κ1) is 46.0. The van der Waals surface area contributed by atoms with Crippen LogP contribution in [-0.4, -0.2) is 29.9 Å². The van der Waals surface area contributed by atoms with Crippen molar-refractivity contribution < 1.29 is 8.83 Å². The summed E-state index contributed by atoms with van der Waals surface area (Å²) in [6, 6.07) is 88.6. The lowest BCUT2D eigenvalue weighted by atomic mass is 9.61. The molecule has 0 spiro atoms. The monoisotopic (exact) mass is 1050 g/mol. The molecular formula is C74H44N6O2. The number of fused-ring (bicyclic) bond motifs is 6. The molecule has 3 aliphatic carbocycles. The Balaban J connectivity index is 0.792. The highest BCUT2D eigenvalue weighted by Crippen LogP contribution is 2.57. The second-order valence-electron chi connectivity index (χ2n) is 21.2. The highest BCUT2D eigenvalue weighted by Gasteiger charge is 2.42. The maximum absolute atomic E-state index is 6.59. The lowest BCUT2D eigenvalue weighted by Gasteiger charge is -2.42. The number of hydrogen-bond donors (Lipinski definition) is 0. The number of aromatic nitrogens is 6. The summed E-state index contributed by atoms with van der Waals surface area (Å²) in [6.45, 7) is 0. The third-order valence-corrected chi connectivity index (χ3v) is 16.6. The van der Waals surface area contributed by atoms with Crippen LogP contribution >= 0.6 is 0 Å². The predicted molar refractivity (Wildman–Crippen MR) is 326 cm³/mol. The molecule has 8 heteroatoms. The largest absolute Gasteiger partial charge is 0.455 e. The van der Waals surface area contributed by atoms with Crippen molar-refractivity contribution in [3.05, 3.63) is 288 Å². The van der Waals surface area contributed by atoms with Gasteiger partial charge in [-0.15, -0.1) is 0 Å². The fourth-order valence-corrected chi connectivity index (χ4v) is 12.9. The van der Waals surface area contributed by atoms with Crippen LogP contribution in [0, 0.1) is 0 Å². The average molecular weight is 1050 g/mol. The first-order valence-corrected chi connectivity index (χ1v) is 27.7. The van der Waals surface area contributed by atoms with Gasteiger partial charge in [0, 0.05) is 77.9 Å². The van der Waals surface area contributed by atoms with E-state index < -0.39 is 0 Å². The van der Waals surface area contributed by atoms with Crippen LogP contribution in [0.4, 0.5) is 0 Å². The molecule has 0 amide bonds. The van der Waals surface area contributed by atoms with Gasteiger partial charge in [-0.1, -0.05) is 231 Å². The number of nitrogens with zero attached hydrogens (tertiary/aromatic N) is 6. The molecule has 2 atom stereocenters. The summed E-state index contributed by atoms with van der Waals surface area (Å²) in [5.74, 6) is 3.49. The van der Waals surface area contributed by atoms with E-state index >= 15 is 0 Å². The molecule has 0 aliphatic heterocycles. The van der Waals surface area contributed by atoms with Crippen molar-refractivity contribution in [2.24, 2.45) is 0 Å². The zero-order valence-electron chi connectivity index (χ0n) is 43.9. The number of hydrogen-bond acceptors (Lipinski definition) is 8. The van der Waals surface area contributed by atoms with Crippen LogP contribution < -0.4 is 0 Å². The zero-order chi connectivity index (χ0) is 53.8. The fourth-order valence-electron chi connectivity index (χ4n) is 12.9. The van der Waals surface area contributed by atoms with Crippen LogP contribution in [0.5, 0.6) is 0 Å². The smallest absolute Gasteiger partial charge is 0.164 e. The molecule has 8 nitrogen and oxygen atoms in total. The van der Waals surface area contributed by atoms with E-state index in [0.29, 0.717) is 34.9 Å². The minimum atomic E-state index is -0.0400. The minimum Gasteiger partial charge on any atom is -0.455 e. The minimum absolute atomic E-state index is 0.0400. The molecule has 0 radical (unpaired) electrons. The first-order chi connectivity index (χ1) is 40.6. The molecule has 82 heavy (non-hydrogen) atoms. The van der Waals surface area contributed by atoms with Gasteiger partial charge in [-0.25, -0.2) is 29.9 Å². The summed E-state index contributed by atoms with van der Waals surface area (Å²) in [4.78, 5) is 31.8. The Morgan fingerprint density at radius 2 is 0.549 bits per heavy atom. The van der Waals surface area contributed by atoms with Crippen molar-refractivity contribution in [3.63, 3.8) is 0 Å². The van der Waals surface area contributed by atoms with Gasteiger partial charge in [0.2, 0.25) is 0 Å². The Kier molecular flexibility index (Phi) is 10.3. The molecule has 3 aliphatic rings. The van der Waals surface area contributed by atoms with Crippen molar-refractivity contribution >= 4 is 43.9 Å². The van der Waals surface area contributed by atoms with Gasteiger partial charge in [0.25, 0.3) is 0 Å². The van der Waals surface area contributed by atoms with E-state index in [-0.39, 0.29) is 11.8 Å². The maximum Gasteiger partial charge on any atom is 0.164 e. The Morgan fingerprint density at radius 3 is 1.00 bits per heavy atom. The van der Waals surface area contributed by atoms with Gasteiger partial charge in [0.05, 0.1) is 0 Å². The van der Waals surface area contributed by atoms with Gasteiger partial charge >= 0.3 is 0 Å². The summed E-state index contributed by atoms with van der Waals surface area (Å²) in [5.41, 5.74) is 20.3. The molecule has 4 heterocycles. The fraction of sp³-hybridized carbons (Fsp3) is 0.0270. The lowest BCUT2D eigenvalue weighted by molar-refractivity contribution is 0.669. The molecule has 382 valence electrons. The second kappa shape index (κ2) is 18.3. The Morgan fingerprint density at radius 1 is 0.220 bits per heavy atom. The van der Waals surface area contributed by atoms with E-state index in [4.69, 9.17) is 38.7 Å². The standard InChI is InChI=1S/C74H44N6O2/c1-3-19-43(20-4-1)69-75-71(79-73(77-69)59-29-11-7-23-47(59)55-31-17-33-57-49-25-13-15-35-63(49)81-67(55)57)45-37-39-53-61(41-45)65-51-27-9-10-28-52(51)66(53)62-42-46(38-40-54(62)65)72-76-70(44-21-5-2-6-22-44)78-74(80-72)60-30-12-8-24-48(60)56-32-18-34-58-50-26-14-16-36-64(50)82-68(56)58/h1-42,65-66H. The van der Waals surface area contributed by atoms with Gasteiger partial charge in [0.1, 0.15) is 22.3 Å². The summed E-state index contributed by atoms with van der Waals surface area (Å²) in [5, 5.41) is 4.30. The highest BCUT2D eigenvalue weighted by molar-refractivity contribution is 6.11. The number of para-hydroxylation sites is 4. The van der Waals surface area contributed by atoms with Crippen molar-refractivity contribution in [2.75, 3.05) is 0 Å². The summed E-state index contributed by atoms with van der Waals surface area (Å²) in [7, 11) is 0. The first-order valence-electron chi connectivity index (χ1n) is 27.7. The third kappa shape index (κ3) is 7.24. The molecule has 4 aromatic heterocycles. The van der Waals surface area contributed by atoms with Crippen LogP contribution in [0.15, 0.2) is 264 Å². The van der Waals surface area contributed by atoms with E-state index in [9.17, 15) is 0 Å². The number of rotatable bonds is 8. The molecule has 11 aromatic carbocycles. The lowest BCUT2D eigenvalue weighted by Crippen LogP contribution is -2.27. The summed E-state index contributed by atoms with van der Waals surface area (Å²) >= 11 is 0. The van der Waals surface area contributed by atoms with E-state index in [1.165, 1.54) is 33.4 Å². The van der Waals surface area contributed by atoms with Gasteiger partial charge in [-0.2, -0.15) is 0 Å².